The second kappa shape index (κ2) is 8.30. The zero-order valence-electron chi connectivity index (χ0n) is 17.1. The molecule has 1 aromatic heterocycles. The Morgan fingerprint density at radius 2 is 1.82 bits per heavy atom. The van der Waals surface area contributed by atoms with E-state index in [2.05, 4.69) is 32.2 Å². The molecule has 1 amide bonds. The third-order valence-corrected chi connectivity index (χ3v) is 4.58. The lowest BCUT2D eigenvalue weighted by molar-refractivity contribution is 0.0941. The van der Waals surface area contributed by atoms with Gasteiger partial charge in [-0.15, -0.1) is 0 Å². The number of hydrogen-bond donors (Lipinski definition) is 1. The van der Waals surface area contributed by atoms with Crippen molar-refractivity contribution in [3.05, 3.63) is 65.4 Å². The first-order valence-electron chi connectivity index (χ1n) is 9.49. The fraction of sp³-hybridized carbons (Fsp3) is 0.304. The van der Waals surface area contributed by atoms with E-state index in [0.717, 1.165) is 28.3 Å². The van der Waals surface area contributed by atoms with Crippen LogP contribution in [0.4, 0.5) is 0 Å². The molecule has 0 saturated carbocycles. The number of benzene rings is 2. The molecular weight excluding hydrogens is 350 g/mol. The Morgan fingerprint density at radius 1 is 1.11 bits per heavy atom. The van der Waals surface area contributed by atoms with Crippen LogP contribution in [0.15, 0.2) is 48.5 Å². The van der Waals surface area contributed by atoms with Crippen molar-refractivity contribution in [2.24, 2.45) is 5.92 Å². The molecule has 0 unspecified atom stereocenters. The van der Waals surface area contributed by atoms with Crippen LogP contribution < -0.4 is 10.1 Å². The predicted octanol–water partition coefficient (Wildman–Crippen LogP) is 4.55. The van der Waals surface area contributed by atoms with Crippen LogP contribution in [-0.2, 0) is 0 Å². The molecule has 5 heteroatoms. The van der Waals surface area contributed by atoms with Crippen molar-refractivity contribution in [2.45, 2.75) is 27.7 Å². The van der Waals surface area contributed by atoms with Gasteiger partial charge in [-0.25, -0.2) is 4.68 Å². The number of carbonyl (C=O) groups excluding carboxylic acids is 1. The highest BCUT2D eigenvalue weighted by atomic mass is 16.5. The Bertz CT molecular complexity index is 972. The number of rotatable bonds is 6. The van der Waals surface area contributed by atoms with Gasteiger partial charge in [-0.05, 0) is 61.7 Å². The molecule has 1 N–H and O–H groups in total. The van der Waals surface area contributed by atoms with Gasteiger partial charge in [0.05, 0.1) is 18.5 Å². The second-order valence-corrected chi connectivity index (χ2v) is 7.45. The minimum atomic E-state index is -0.124. The van der Waals surface area contributed by atoms with Gasteiger partial charge in [-0.2, -0.15) is 5.10 Å². The quantitative estimate of drug-likeness (QED) is 0.686. The van der Waals surface area contributed by atoms with Crippen LogP contribution in [0, 0.1) is 19.8 Å². The highest BCUT2D eigenvalue weighted by Crippen LogP contribution is 2.25. The lowest BCUT2D eigenvalue weighted by Gasteiger charge is -2.12. The minimum Gasteiger partial charge on any atom is -0.497 e. The minimum absolute atomic E-state index is 0.124. The molecule has 0 aliphatic heterocycles. The van der Waals surface area contributed by atoms with Crippen LogP contribution in [0.1, 0.15) is 35.5 Å². The number of methoxy groups -OCH3 is 1. The maximum atomic E-state index is 12.9. The van der Waals surface area contributed by atoms with Gasteiger partial charge < -0.3 is 10.1 Å². The van der Waals surface area contributed by atoms with Crippen molar-refractivity contribution >= 4 is 5.91 Å². The summed E-state index contributed by atoms with van der Waals surface area (Å²) in [5, 5.41) is 7.76. The number of aryl methyl sites for hydroxylation is 2. The Labute approximate surface area is 166 Å². The van der Waals surface area contributed by atoms with Crippen LogP contribution in [0.5, 0.6) is 5.75 Å². The summed E-state index contributed by atoms with van der Waals surface area (Å²) in [5.41, 5.74) is 5.36. The van der Waals surface area contributed by atoms with Crippen molar-refractivity contribution in [3.8, 4) is 22.7 Å². The molecule has 0 bridgehead atoms. The Balaban J connectivity index is 2.07. The molecular formula is C23H27N3O2. The molecule has 0 fully saturated rings. The number of nitrogens with one attached hydrogen (secondary N) is 1. The Morgan fingerprint density at radius 3 is 2.43 bits per heavy atom. The number of hydrogen-bond acceptors (Lipinski definition) is 3. The van der Waals surface area contributed by atoms with Crippen LogP contribution in [0.3, 0.4) is 0 Å². The van der Waals surface area contributed by atoms with Gasteiger partial charge in [-0.1, -0.05) is 31.5 Å². The van der Waals surface area contributed by atoms with E-state index in [4.69, 9.17) is 9.84 Å². The number of aromatic nitrogens is 2. The third kappa shape index (κ3) is 4.25. The average Bonchev–Trinajstić information content (AvgIpc) is 3.11. The summed E-state index contributed by atoms with van der Waals surface area (Å²) in [5.74, 6) is 1.04. The molecule has 28 heavy (non-hydrogen) atoms. The standard InChI is InChI=1S/C23H27N3O2/c1-15(2)14-24-23(27)22-13-20(18-7-9-19(28-5)10-8-18)25-26(22)21-11-6-16(3)12-17(21)4/h6-13,15H,14H2,1-5H3,(H,24,27). The van der Waals surface area contributed by atoms with Gasteiger partial charge >= 0.3 is 0 Å². The lowest BCUT2D eigenvalue weighted by atomic mass is 10.1. The molecule has 3 rings (SSSR count). The van der Waals surface area contributed by atoms with Gasteiger partial charge in [0.1, 0.15) is 11.4 Å². The van der Waals surface area contributed by atoms with E-state index in [-0.39, 0.29) is 5.91 Å². The van der Waals surface area contributed by atoms with E-state index in [1.54, 1.807) is 11.8 Å². The van der Waals surface area contributed by atoms with E-state index < -0.39 is 0 Å². The molecule has 0 atom stereocenters. The summed E-state index contributed by atoms with van der Waals surface area (Å²) in [6, 6.07) is 15.7. The monoisotopic (exact) mass is 377 g/mol. The zero-order valence-corrected chi connectivity index (χ0v) is 17.1. The van der Waals surface area contributed by atoms with Crippen LogP contribution in [-0.4, -0.2) is 29.3 Å². The summed E-state index contributed by atoms with van der Waals surface area (Å²) in [7, 11) is 1.64. The molecule has 0 radical (unpaired) electrons. The number of ether oxygens (including phenoxy) is 1. The molecule has 0 saturated heterocycles. The van der Waals surface area contributed by atoms with E-state index in [0.29, 0.717) is 18.2 Å². The second-order valence-electron chi connectivity index (χ2n) is 7.45. The van der Waals surface area contributed by atoms with E-state index in [1.807, 2.05) is 49.4 Å². The summed E-state index contributed by atoms with van der Waals surface area (Å²) in [6.45, 7) is 8.86. The van der Waals surface area contributed by atoms with Gasteiger partial charge in [0.25, 0.3) is 5.91 Å². The van der Waals surface area contributed by atoms with Crippen molar-refractivity contribution < 1.29 is 9.53 Å². The third-order valence-electron chi connectivity index (χ3n) is 4.58. The van der Waals surface area contributed by atoms with Crippen molar-refractivity contribution in [1.29, 1.82) is 0 Å². The van der Waals surface area contributed by atoms with Gasteiger partial charge in [0, 0.05) is 12.1 Å². The molecule has 1 heterocycles. The molecule has 0 spiro atoms. The van der Waals surface area contributed by atoms with Crippen LogP contribution in [0.25, 0.3) is 16.9 Å². The SMILES string of the molecule is COc1ccc(-c2cc(C(=O)NCC(C)C)n(-c3ccc(C)cc3C)n2)cc1. The van der Waals surface area contributed by atoms with Crippen molar-refractivity contribution in [1.82, 2.24) is 15.1 Å². The van der Waals surface area contributed by atoms with Crippen LogP contribution in [0.2, 0.25) is 0 Å². The highest BCUT2D eigenvalue weighted by molar-refractivity contribution is 5.94. The van der Waals surface area contributed by atoms with Crippen molar-refractivity contribution in [2.75, 3.05) is 13.7 Å². The highest BCUT2D eigenvalue weighted by Gasteiger charge is 2.19. The number of carbonyl (C=O) groups is 1. The summed E-state index contributed by atoms with van der Waals surface area (Å²) in [6.07, 6.45) is 0. The first kappa shape index (κ1) is 19.7. The predicted molar refractivity (Wildman–Crippen MR) is 112 cm³/mol. The molecule has 5 nitrogen and oxygen atoms in total. The number of amides is 1. The molecule has 146 valence electrons. The average molecular weight is 377 g/mol. The first-order chi connectivity index (χ1) is 13.4. The smallest absolute Gasteiger partial charge is 0.270 e. The Kier molecular flexibility index (Phi) is 5.83. The van der Waals surface area contributed by atoms with E-state index in [9.17, 15) is 4.79 Å². The summed E-state index contributed by atoms with van der Waals surface area (Å²) < 4.78 is 6.97. The fourth-order valence-corrected chi connectivity index (χ4v) is 3.06. The maximum absolute atomic E-state index is 12.9. The van der Waals surface area contributed by atoms with Gasteiger partial charge in [-0.3, -0.25) is 4.79 Å². The molecule has 0 aliphatic carbocycles. The summed E-state index contributed by atoms with van der Waals surface area (Å²) >= 11 is 0. The molecule has 0 aliphatic rings. The summed E-state index contributed by atoms with van der Waals surface area (Å²) in [4.78, 5) is 12.9. The number of nitrogens with zero attached hydrogens (tertiary/aromatic N) is 2. The normalized spacial score (nSPS) is 10.9. The topological polar surface area (TPSA) is 56.1 Å². The maximum Gasteiger partial charge on any atom is 0.270 e. The van der Waals surface area contributed by atoms with Crippen molar-refractivity contribution in [3.63, 3.8) is 0 Å². The van der Waals surface area contributed by atoms with Gasteiger partial charge in [0.15, 0.2) is 0 Å². The van der Waals surface area contributed by atoms with E-state index >= 15 is 0 Å². The zero-order chi connectivity index (χ0) is 20.3. The largest absolute Gasteiger partial charge is 0.497 e. The lowest BCUT2D eigenvalue weighted by Crippen LogP contribution is -2.29. The first-order valence-corrected chi connectivity index (χ1v) is 9.49. The molecule has 2 aromatic carbocycles. The molecule has 3 aromatic rings. The van der Waals surface area contributed by atoms with Crippen LogP contribution >= 0.6 is 0 Å². The fourth-order valence-electron chi connectivity index (χ4n) is 3.06. The Hall–Kier alpha value is -3.08. The van der Waals surface area contributed by atoms with E-state index in [1.165, 1.54) is 5.56 Å². The van der Waals surface area contributed by atoms with Gasteiger partial charge in [0.2, 0.25) is 0 Å².